The van der Waals surface area contributed by atoms with Gasteiger partial charge >= 0.3 is 0 Å². The van der Waals surface area contributed by atoms with Crippen molar-refractivity contribution in [3.8, 4) is 5.75 Å². The summed E-state index contributed by atoms with van der Waals surface area (Å²) in [6.07, 6.45) is 7.19. The molecule has 0 N–H and O–H groups in total. The van der Waals surface area contributed by atoms with Gasteiger partial charge in [-0.15, -0.1) is 0 Å². The summed E-state index contributed by atoms with van der Waals surface area (Å²) in [5.41, 5.74) is 0.983. The number of benzene rings is 3. The maximum Gasteiger partial charge on any atom is 0.165 e. The topological polar surface area (TPSA) is 18.5 Å². The van der Waals surface area contributed by atoms with E-state index in [4.69, 9.17) is 9.47 Å². The SMILES string of the molecule is Cc1c2ccccc2c(OCC23C=CC(=CC2)O3)c2ccccc12. The van der Waals surface area contributed by atoms with Gasteiger partial charge in [-0.05, 0) is 41.5 Å². The van der Waals surface area contributed by atoms with Gasteiger partial charge in [-0.25, -0.2) is 0 Å². The van der Waals surface area contributed by atoms with Crippen LogP contribution < -0.4 is 4.74 Å². The highest BCUT2D eigenvalue weighted by molar-refractivity contribution is 6.08. The number of rotatable bonds is 3. The first-order chi connectivity index (χ1) is 11.8. The molecule has 0 aromatic heterocycles. The second-order valence-electron chi connectivity index (χ2n) is 6.64. The average molecular weight is 314 g/mol. The van der Waals surface area contributed by atoms with Crippen molar-refractivity contribution < 1.29 is 9.47 Å². The van der Waals surface area contributed by atoms with Gasteiger partial charge in [0.15, 0.2) is 5.60 Å². The van der Waals surface area contributed by atoms with E-state index in [0.29, 0.717) is 6.61 Å². The highest BCUT2D eigenvalue weighted by Gasteiger charge is 2.39. The molecule has 0 fully saturated rings. The third-order valence-corrected chi connectivity index (χ3v) is 5.13. The van der Waals surface area contributed by atoms with Crippen molar-refractivity contribution in [2.45, 2.75) is 18.9 Å². The third kappa shape index (κ3) is 1.89. The van der Waals surface area contributed by atoms with Crippen molar-refractivity contribution in [2.75, 3.05) is 6.61 Å². The lowest BCUT2D eigenvalue weighted by atomic mass is 9.96. The molecule has 0 amide bonds. The van der Waals surface area contributed by atoms with Gasteiger partial charge in [-0.1, -0.05) is 48.5 Å². The lowest BCUT2D eigenvalue weighted by Gasteiger charge is -2.24. The molecule has 0 spiro atoms. The quantitative estimate of drug-likeness (QED) is 0.611. The van der Waals surface area contributed by atoms with Crippen LogP contribution in [-0.2, 0) is 4.74 Å². The lowest BCUT2D eigenvalue weighted by molar-refractivity contribution is 0.0438. The highest BCUT2D eigenvalue weighted by atomic mass is 16.6. The number of hydrogen-bond acceptors (Lipinski definition) is 2. The van der Waals surface area contributed by atoms with Crippen LogP contribution >= 0.6 is 0 Å². The van der Waals surface area contributed by atoms with Crippen LogP contribution in [0.15, 0.2) is 72.5 Å². The fourth-order valence-electron chi connectivity index (χ4n) is 3.82. The molecule has 3 aromatic carbocycles. The van der Waals surface area contributed by atoms with Crippen molar-refractivity contribution >= 4 is 21.5 Å². The molecule has 1 unspecified atom stereocenters. The Morgan fingerprint density at radius 3 is 2.08 bits per heavy atom. The second kappa shape index (κ2) is 4.88. The fourth-order valence-corrected chi connectivity index (χ4v) is 3.82. The zero-order chi connectivity index (χ0) is 16.1. The minimum absolute atomic E-state index is 0.317. The molecular formula is C22H18O2. The lowest BCUT2D eigenvalue weighted by Crippen LogP contribution is -2.31. The molecule has 24 heavy (non-hydrogen) atoms. The maximum absolute atomic E-state index is 6.38. The zero-order valence-corrected chi connectivity index (χ0v) is 13.6. The molecule has 3 aromatic rings. The predicted molar refractivity (Wildman–Crippen MR) is 97.3 cm³/mol. The van der Waals surface area contributed by atoms with Crippen LogP contribution in [-0.4, -0.2) is 12.2 Å². The number of allylic oxidation sites excluding steroid dienone is 1. The maximum atomic E-state index is 6.38. The van der Waals surface area contributed by atoms with Crippen LogP contribution in [0.3, 0.4) is 0 Å². The largest absolute Gasteiger partial charge is 0.488 e. The number of hydrogen-bond donors (Lipinski definition) is 0. The zero-order valence-electron chi connectivity index (χ0n) is 13.6. The van der Waals surface area contributed by atoms with E-state index in [1.54, 1.807) is 0 Å². The summed E-state index contributed by atoms with van der Waals surface area (Å²) in [5.74, 6) is 1.93. The van der Waals surface area contributed by atoms with Crippen LogP contribution in [0.5, 0.6) is 5.75 Å². The van der Waals surface area contributed by atoms with Crippen LogP contribution in [0.1, 0.15) is 12.0 Å². The summed E-state index contributed by atoms with van der Waals surface area (Å²) < 4.78 is 12.3. The van der Waals surface area contributed by atoms with Gasteiger partial charge in [0.05, 0.1) is 0 Å². The van der Waals surface area contributed by atoms with Crippen molar-refractivity contribution in [1.29, 1.82) is 0 Å². The summed E-state index contributed by atoms with van der Waals surface area (Å²) in [7, 11) is 0. The number of ether oxygens (including phenoxy) is 2. The van der Waals surface area contributed by atoms with E-state index in [1.807, 2.05) is 6.08 Å². The summed E-state index contributed by atoms with van der Waals surface area (Å²) >= 11 is 0. The molecule has 2 bridgehead atoms. The summed E-state index contributed by atoms with van der Waals surface area (Å²) in [5, 5.41) is 4.82. The Morgan fingerprint density at radius 2 is 1.58 bits per heavy atom. The molecule has 0 saturated heterocycles. The highest BCUT2D eigenvalue weighted by Crippen LogP contribution is 2.41. The van der Waals surface area contributed by atoms with Gasteiger partial charge in [0.1, 0.15) is 18.1 Å². The van der Waals surface area contributed by atoms with Gasteiger partial charge in [-0.3, -0.25) is 0 Å². The molecule has 2 heterocycles. The Bertz CT molecular complexity index is 972. The molecule has 2 aliphatic heterocycles. The monoisotopic (exact) mass is 314 g/mol. The van der Waals surface area contributed by atoms with Crippen molar-refractivity contribution in [3.63, 3.8) is 0 Å². The van der Waals surface area contributed by atoms with E-state index < -0.39 is 0 Å². The molecule has 5 rings (SSSR count). The van der Waals surface area contributed by atoms with E-state index in [2.05, 4.69) is 67.6 Å². The molecule has 0 radical (unpaired) electrons. The Hall–Kier alpha value is -2.74. The van der Waals surface area contributed by atoms with E-state index in [0.717, 1.165) is 17.9 Å². The van der Waals surface area contributed by atoms with E-state index in [-0.39, 0.29) is 5.60 Å². The minimum atomic E-state index is -0.317. The van der Waals surface area contributed by atoms with Crippen LogP contribution in [0.4, 0.5) is 0 Å². The summed E-state index contributed by atoms with van der Waals surface area (Å²) in [6, 6.07) is 16.9. The van der Waals surface area contributed by atoms with Crippen molar-refractivity contribution in [2.24, 2.45) is 0 Å². The molecule has 0 aliphatic carbocycles. The standard InChI is InChI=1S/C22H18O2/c1-15-17-6-2-4-8-19(17)21(20-9-5-3-7-18(15)20)23-14-22-12-10-16(24-22)11-13-22/h2-12H,13-14H2,1H3. The fraction of sp³-hybridized carbons (Fsp3) is 0.182. The van der Waals surface area contributed by atoms with Gasteiger partial charge in [0.25, 0.3) is 0 Å². The van der Waals surface area contributed by atoms with Crippen molar-refractivity contribution in [3.05, 3.63) is 78.1 Å². The van der Waals surface area contributed by atoms with Gasteiger partial charge in [-0.2, -0.15) is 0 Å². The normalized spacial score (nSPS) is 21.3. The van der Waals surface area contributed by atoms with Crippen LogP contribution in [0.2, 0.25) is 0 Å². The van der Waals surface area contributed by atoms with Crippen LogP contribution in [0.25, 0.3) is 21.5 Å². The van der Waals surface area contributed by atoms with Crippen molar-refractivity contribution in [1.82, 2.24) is 0 Å². The summed E-state index contributed by atoms with van der Waals surface area (Å²) in [6.45, 7) is 2.71. The van der Waals surface area contributed by atoms with Gasteiger partial charge in [0.2, 0.25) is 0 Å². The van der Waals surface area contributed by atoms with Gasteiger partial charge < -0.3 is 9.47 Å². The Kier molecular flexibility index (Phi) is 2.78. The Balaban J connectivity index is 1.65. The molecule has 118 valence electrons. The van der Waals surface area contributed by atoms with E-state index in [9.17, 15) is 0 Å². The minimum Gasteiger partial charge on any atom is -0.488 e. The number of fused-ring (bicyclic) bond motifs is 4. The van der Waals surface area contributed by atoms with Gasteiger partial charge in [0, 0.05) is 17.2 Å². The first kappa shape index (κ1) is 13.7. The first-order valence-electron chi connectivity index (χ1n) is 8.37. The Morgan fingerprint density at radius 1 is 0.958 bits per heavy atom. The summed E-state index contributed by atoms with van der Waals surface area (Å²) in [4.78, 5) is 0. The van der Waals surface area contributed by atoms with Crippen LogP contribution in [0, 0.1) is 6.92 Å². The first-order valence-corrected chi connectivity index (χ1v) is 8.37. The van der Waals surface area contributed by atoms with E-state index in [1.165, 1.54) is 27.1 Å². The molecule has 1 atom stereocenters. The Labute approximate surface area is 141 Å². The predicted octanol–water partition coefficient (Wildman–Crippen LogP) is 5.29. The average Bonchev–Trinajstić information content (AvgIpc) is 3.23. The smallest absolute Gasteiger partial charge is 0.165 e. The molecule has 0 saturated carbocycles. The third-order valence-electron chi connectivity index (χ3n) is 5.13. The molecule has 2 aliphatic rings. The van der Waals surface area contributed by atoms with E-state index >= 15 is 0 Å². The molecular weight excluding hydrogens is 296 g/mol. The number of aryl methyl sites for hydroxylation is 1. The molecule has 2 nitrogen and oxygen atoms in total. The second-order valence-corrected chi connectivity index (χ2v) is 6.64. The molecule has 2 heteroatoms.